The SMILES string of the molecule is c1ccc(-c2nc(-c3ccc4c(c3)oc3cc5oc6ccccc6c5cc34)nc(-c3ccc4c(c3)oc3cc5oc6ccccc6c5cc34)n2)cc1. The topological polar surface area (TPSA) is 91.2 Å². The zero-order chi connectivity index (χ0) is 33.9. The Morgan fingerprint density at radius 3 is 1.10 bits per heavy atom. The molecule has 12 aromatic rings. The predicted molar refractivity (Wildman–Crippen MR) is 205 cm³/mol. The Morgan fingerprint density at radius 1 is 0.250 bits per heavy atom. The summed E-state index contributed by atoms with van der Waals surface area (Å²) >= 11 is 0. The van der Waals surface area contributed by atoms with E-state index in [1.165, 1.54) is 0 Å². The molecule has 0 unspecified atom stereocenters. The van der Waals surface area contributed by atoms with Crippen molar-refractivity contribution in [3.8, 4) is 34.2 Å². The second-order valence-corrected chi connectivity index (χ2v) is 13.2. The molecule has 7 aromatic carbocycles. The van der Waals surface area contributed by atoms with Crippen molar-refractivity contribution >= 4 is 87.8 Å². The normalized spacial score (nSPS) is 12.2. The number of hydrogen-bond acceptors (Lipinski definition) is 7. The molecular weight excluding hydrogens is 647 g/mol. The van der Waals surface area contributed by atoms with Crippen LogP contribution in [0.4, 0.5) is 0 Å². The fourth-order valence-corrected chi connectivity index (χ4v) is 7.62. The Hall–Kier alpha value is -7.25. The molecule has 5 aromatic heterocycles. The van der Waals surface area contributed by atoms with Crippen LogP contribution in [0.1, 0.15) is 0 Å². The average molecular weight is 670 g/mol. The molecule has 5 heterocycles. The minimum absolute atomic E-state index is 0.544. The van der Waals surface area contributed by atoms with Crippen molar-refractivity contribution in [2.45, 2.75) is 0 Å². The van der Waals surface area contributed by atoms with E-state index >= 15 is 0 Å². The highest BCUT2D eigenvalue weighted by molar-refractivity contribution is 6.16. The van der Waals surface area contributed by atoms with Crippen LogP contribution in [0.3, 0.4) is 0 Å². The third kappa shape index (κ3) is 3.98. The monoisotopic (exact) mass is 669 g/mol. The molecule has 12 rings (SSSR count). The number of hydrogen-bond donors (Lipinski definition) is 0. The summed E-state index contributed by atoms with van der Waals surface area (Å²) in [6.45, 7) is 0. The van der Waals surface area contributed by atoms with Gasteiger partial charge in [-0.15, -0.1) is 0 Å². The highest BCUT2D eigenvalue weighted by Crippen LogP contribution is 2.40. The molecule has 0 saturated heterocycles. The molecule has 7 nitrogen and oxygen atoms in total. The van der Waals surface area contributed by atoms with E-state index in [0.717, 1.165) is 104 Å². The first-order valence-corrected chi connectivity index (χ1v) is 17.1. The molecule has 0 saturated carbocycles. The number of benzene rings is 7. The maximum Gasteiger partial charge on any atom is 0.164 e. The van der Waals surface area contributed by atoms with Crippen molar-refractivity contribution in [3.05, 3.63) is 140 Å². The second-order valence-electron chi connectivity index (χ2n) is 13.2. The van der Waals surface area contributed by atoms with E-state index in [1.807, 2.05) is 103 Å². The number of fused-ring (bicyclic) bond motifs is 12. The lowest BCUT2D eigenvalue weighted by Gasteiger charge is -2.08. The summed E-state index contributed by atoms with van der Waals surface area (Å²) in [5, 5.41) is 8.38. The van der Waals surface area contributed by atoms with Gasteiger partial charge in [-0.05, 0) is 48.5 Å². The van der Waals surface area contributed by atoms with Gasteiger partial charge >= 0.3 is 0 Å². The molecule has 0 amide bonds. The van der Waals surface area contributed by atoms with E-state index < -0.39 is 0 Å². The van der Waals surface area contributed by atoms with E-state index in [2.05, 4.69) is 36.4 Å². The van der Waals surface area contributed by atoms with Gasteiger partial charge in [-0.2, -0.15) is 0 Å². The van der Waals surface area contributed by atoms with Crippen LogP contribution < -0.4 is 0 Å². The van der Waals surface area contributed by atoms with Crippen LogP contribution in [0.25, 0.3) is 122 Å². The van der Waals surface area contributed by atoms with Gasteiger partial charge < -0.3 is 17.7 Å². The molecule has 0 N–H and O–H groups in total. The largest absolute Gasteiger partial charge is 0.456 e. The lowest BCUT2D eigenvalue weighted by Crippen LogP contribution is -2.00. The lowest BCUT2D eigenvalue weighted by atomic mass is 10.1. The molecule has 242 valence electrons. The molecule has 0 fully saturated rings. The summed E-state index contributed by atoms with van der Waals surface area (Å²) in [6, 6.07) is 46.7. The van der Waals surface area contributed by atoms with Crippen LogP contribution in [0.5, 0.6) is 0 Å². The number of rotatable bonds is 3. The first-order chi connectivity index (χ1) is 25.7. The first kappa shape index (κ1) is 27.6. The maximum atomic E-state index is 6.42. The van der Waals surface area contributed by atoms with E-state index in [9.17, 15) is 0 Å². The average Bonchev–Trinajstić information content (AvgIpc) is 3.95. The summed E-state index contributed by atoms with van der Waals surface area (Å²) in [6.07, 6.45) is 0. The quantitative estimate of drug-likeness (QED) is 0.185. The van der Waals surface area contributed by atoms with Crippen LogP contribution in [0, 0.1) is 0 Å². The number of aromatic nitrogens is 3. The van der Waals surface area contributed by atoms with Crippen molar-refractivity contribution in [2.75, 3.05) is 0 Å². The van der Waals surface area contributed by atoms with Gasteiger partial charge in [0, 0.05) is 71.9 Å². The Bertz CT molecular complexity index is 3220. The van der Waals surface area contributed by atoms with Gasteiger partial charge in [0.15, 0.2) is 17.5 Å². The fraction of sp³-hybridized carbons (Fsp3) is 0. The zero-order valence-corrected chi connectivity index (χ0v) is 27.3. The van der Waals surface area contributed by atoms with Crippen molar-refractivity contribution in [3.63, 3.8) is 0 Å². The molecular formula is C45H23N3O4. The minimum atomic E-state index is 0.544. The van der Waals surface area contributed by atoms with Crippen molar-refractivity contribution < 1.29 is 17.7 Å². The molecule has 0 bridgehead atoms. The molecule has 0 aliphatic heterocycles. The molecule has 0 radical (unpaired) electrons. The van der Waals surface area contributed by atoms with Crippen molar-refractivity contribution in [1.82, 2.24) is 15.0 Å². The number of furan rings is 4. The maximum absolute atomic E-state index is 6.42. The lowest BCUT2D eigenvalue weighted by molar-refractivity contribution is 0.655. The summed E-state index contributed by atoms with van der Waals surface area (Å²) in [4.78, 5) is 15.0. The molecule has 7 heteroatoms. The molecule has 0 spiro atoms. The second kappa shape index (κ2) is 10.2. The van der Waals surface area contributed by atoms with Crippen LogP contribution in [0.15, 0.2) is 157 Å². The Morgan fingerprint density at radius 2 is 0.615 bits per heavy atom. The Labute approximate surface area is 293 Å². The van der Waals surface area contributed by atoms with Crippen molar-refractivity contribution in [2.24, 2.45) is 0 Å². The zero-order valence-electron chi connectivity index (χ0n) is 27.3. The van der Waals surface area contributed by atoms with E-state index in [4.69, 9.17) is 32.6 Å². The Balaban J connectivity index is 1.01. The van der Waals surface area contributed by atoms with Crippen LogP contribution >= 0.6 is 0 Å². The molecule has 0 atom stereocenters. The van der Waals surface area contributed by atoms with Gasteiger partial charge in [0.05, 0.1) is 0 Å². The van der Waals surface area contributed by atoms with Crippen LogP contribution in [-0.4, -0.2) is 15.0 Å². The van der Waals surface area contributed by atoms with E-state index in [0.29, 0.717) is 17.5 Å². The third-order valence-electron chi connectivity index (χ3n) is 10.1. The summed E-state index contributed by atoms with van der Waals surface area (Å²) in [5.41, 5.74) is 8.87. The summed E-state index contributed by atoms with van der Waals surface area (Å²) in [7, 11) is 0. The van der Waals surface area contributed by atoms with Gasteiger partial charge in [0.25, 0.3) is 0 Å². The van der Waals surface area contributed by atoms with Gasteiger partial charge in [-0.25, -0.2) is 15.0 Å². The molecule has 0 aliphatic rings. The number of para-hydroxylation sites is 2. The van der Waals surface area contributed by atoms with Gasteiger partial charge in [-0.1, -0.05) is 78.9 Å². The summed E-state index contributed by atoms with van der Waals surface area (Å²) in [5.74, 6) is 1.67. The third-order valence-corrected chi connectivity index (χ3v) is 10.1. The number of nitrogens with zero attached hydrogens (tertiary/aromatic N) is 3. The van der Waals surface area contributed by atoms with Gasteiger partial charge in [-0.3, -0.25) is 0 Å². The highest BCUT2D eigenvalue weighted by Gasteiger charge is 2.18. The smallest absolute Gasteiger partial charge is 0.164 e. The first-order valence-electron chi connectivity index (χ1n) is 17.1. The Kier molecular flexibility index (Phi) is 5.38. The van der Waals surface area contributed by atoms with Gasteiger partial charge in [0.2, 0.25) is 0 Å². The van der Waals surface area contributed by atoms with Crippen molar-refractivity contribution in [1.29, 1.82) is 0 Å². The highest BCUT2D eigenvalue weighted by atomic mass is 16.3. The van der Waals surface area contributed by atoms with Crippen LogP contribution in [0.2, 0.25) is 0 Å². The molecule has 52 heavy (non-hydrogen) atoms. The van der Waals surface area contributed by atoms with E-state index in [1.54, 1.807) is 0 Å². The summed E-state index contributed by atoms with van der Waals surface area (Å²) < 4.78 is 25.1. The minimum Gasteiger partial charge on any atom is -0.456 e. The van der Waals surface area contributed by atoms with Gasteiger partial charge in [0.1, 0.15) is 44.7 Å². The standard InChI is InChI=1S/C45H23N3O4/c1-2-8-24(9-3-1)43-46-44(25-14-16-29-33-20-31-27-10-4-6-12-35(27)49-39(31)22-41(33)51-37(29)18-25)48-45(47-43)26-15-17-30-34-21-32-28-11-5-7-13-36(28)50-40(32)23-42(34)52-38(30)19-26/h1-23H. The van der Waals surface area contributed by atoms with Crippen LogP contribution in [-0.2, 0) is 0 Å². The predicted octanol–water partition coefficient (Wildman–Crippen LogP) is 12.5. The fourth-order valence-electron chi connectivity index (χ4n) is 7.62. The molecule has 0 aliphatic carbocycles. The van der Waals surface area contributed by atoms with E-state index in [-0.39, 0.29) is 0 Å².